The van der Waals surface area contributed by atoms with E-state index in [4.69, 9.17) is 18.4 Å². The maximum Gasteiger partial charge on any atom is 0.316 e. The van der Waals surface area contributed by atoms with Crippen LogP contribution < -0.4 is 23.1 Å². The largest absolute Gasteiger partial charge is 0.493 e. The van der Waals surface area contributed by atoms with E-state index in [0.29, 0.717) is 52.6 Å². The highest BCUT2D eigenvalue weighted by molar-refractivity contribution is 7.82. The first-order chi connectivity index (χ1) is 21.0. The smallest absolute Gasteiger partial charge is 0.316 e. The van der Waals surface area contributed by atoms with E-state index in [9.17, 15) is 4.21 Å². The molecule has 1 unspecified atom stereocenters. The van der Waals surface area contributed by atoms with E-state index in [1.54, 1.807) is 19.2 Å². The van der Waals surface area contributed by atoms with Crippen molar-refractivity contribution in [2.45, 2.75) is 52.4 Å². The van der Waals surface area contributed by atoms with Crippen LogP contribution in [0.25, 0.3) is 17.0 Å². The highest BCUT2D eigenvalue weighted by Crippen LogP contribution is 2.32. The highest BCUT2D eigenvalue weighted by atomic mass is 32.2. The van der Waals surface area contributed by atoms with Crippen molar-refractivity contribution in [3.05, 3.63) is 78.4 Å². The Hall–Kier alpha value is -4.51. The lowest BCUT2D eigenvalue weighted by Crippen LogP contribution is -2.12. The average molecular weight is 604 g/mol. The van der Waals surface area contributed by atoms with Crippen molar-refractivity contribution in [2.75, 3.05) is 18.4 Å². The molecule has 43 heavy (non-hydrogen) atoms. The van der Waals surface area contributed by atoms with E-state index in [1.807, 2.05) is 67.6 Å². The number of nitrogens with zero attached hydrogens (tertiary/aromatic N) is 3. The van der Waals surface area contributed by atoms with Crippen molar-refractivity contribution >= 4 is 22.6 Å². The Morgan fingerprint density at radius 3 is 2.51 bits per heavy atom. The number of hydrogen-bond acceptors (Lipinski definition) is 7. The predicted molar refractivity (Wildman–Crippen MR) is 168 cm³/mol. The van der Waals surface area contributed by atoms with Gasteiger partial charge in [-0.3, -0.25) is 9.82 Å². The number of rotatable bonds is 16. The first kappa shape index (κ1) is 30.0. The molecule has 0 radical (unpaired) electrons. The van der Waals surface area contributed by atoms with E-state index >= 15 is 0 Å². The third-order valence-corrected chi connectivity index (χ3v) is 7.48. The quantitative estimate of drug-likeness (QED) is 0.111. The fraction of sp³-hybridized carbons (Fsp3) is 0.312. The predicted octanol–water partition coefficient (Wildman–Crippen LogP) is 7.64. The van der Waals surface area contributed by atoms with Crippen molar-refractivity contribution in [1.82, 2.24) is 19.8 Å². The second-order valence-corrected chi connectivity index (χ2v) is 11.0. The van der Waals surface area contributed by atoms with E-state index < -0.39 is 11.3 Å². The molecule has 11 heteroatoms. The van der Waals surface area contributed by atoms with Gasteiger partial charge >= 0.3 is 11.3 Å². The number of aromatic nitrogens is 4. The standard InChI is InChI=1S/C32H37N5O5S/c1-4-5-6-7-8-11-19-40-27-18-17-23(2)20-29(27)42-43(38)36-25-14-12-13-24(21-25)32-33-30-22-31(34-37(30)35-32)41-28-16-10-9-15-26(28)39-3/h9-10,12-18,20-22,36H,4-8,11,19H2,1-3H3,(H,33,35). The molecule has 0 aliphatic heterocycles. The van der Waals surface area contributed by atoms with Gasteiger partial charge in [-0.25, -0.2) is 4.98 Å². The molecule has 0 saturated heterocycles. The molecule has 0 aliphatic rings. The molecule has 0 bridgehead atoms. The summed E-state index contributed by atoms with van der Waals surface area (Å²) >= 11 is -1.86. The maximum atomic E-state index is 13.0. The highest BCUT2D eigenvalue weighted by Gasteiger charge is 2.14. The van der Waals surface area contributed by atoms with Crippen LogP contribution in [0.5, 0.6) is 28.9 Å². The van der Waals surface area contributed by atoms with Gasteiger partial charge in [0.1, 0.15) is 0 Å². The summed E-state index contributed by atoms with van der Waals surface area (Å²) < 4.78 is 40.4. The molecule has 1 atom stereocenters. The van der Waals surface area contributed by atoms with Gasteiger partial charge in [0.15, 0.2) is 34.5 Å². The number of fused-ring (bicyclic) bond motifs is 1. The number of benzene rings is 3. The SMILES string of the molecule is CCCCCCCCOc1ccc(C)cc1OS(=O)Nc1cccc(-c2nc3cc(Oc4ccccc4OC)nn3[nH]2)c1. The fourth-order valence-corrected chi connectivity index (χ4v) is 5.19. The number of ether oxygens (including phenoxy) is 3. The minimum absolute atomic E-state index is 0.379. The first-order valence-corrected chi connectivity index (χ1v) is 15.6. The molecule has 3 aromatic carbocycles. The van der Waals surface area contributed by atoms with Gasteiger partial charge in [-0.05, 0) is 55.3 Å². The number of unbranched alkanes of at least 4 members (excludes halogenated alkanes) is 5. The van der Waals surface area contributed by atoms with Crippen LogP contribution in [-0.4, -0.2) is 37.7 Å². The van der Waals surface area contributed by atoms with Crippen molar-refractivity contribution in [3.8, 4) is 40.3 Å². The topological polar surface area (TPSA) is 112 Å². The number of H-pyrrole nitrogens is 1. The molecule has 2 N–H and O–H groups in total. The second kappa shape index (κ2) is 14.6. The molecule has 5 aromatic rings. The number of hydrogen-bond donors (Lipinski definition) is 2. The zero-order valence-electron chi connectivity index (χ0n) is 24.7. The van der Waals surface area contributed by atoms with Gasteiger partial charge in [0, 0.05) is 11.6 Å². The monoisotopic (exact) mass is 603 g/mol. The minimum Gasteiger partial charge on any atom is -0.493 e. The summed E-state index contributed by atoms with van der Waals surface area (Å²) in [5.74, 6) is 3.15. The van der Waals surface area contributed by atoms with Crippen molar-refractivity contribution in [3.63, 3.8) is 0 Å². The van der Waals surface area contributed by atoms with Gasteiger partial charge in [0.05, 0.1) is 19.4 Å². The van der Waals surface area contributed by atoms with E-state index in [2.05, 4.69) is 26.8 Å². The van der Waals surface area contributed by atoms with E-state index in [-0.39, 0.29) is 0 Å². The summed E-state index contributed by atoms with van der Waals surface area (Å²) in [6.07, 6.45) is 7.08. The fourth-order valence-electron chi connectivity index (χ4n) is 4.54. The van der Waals surface area contributed by atoms with Crippen molar-refractivity contribution < 1.29 is 22.6 Å². The lowest BCUT2D eigenvalue weighted by Gasteiger charge is -2.13. The van der Waals surface area contributed by atoms with Gasteiger partial charge in [-0.1, -0.05) is 69.4 Å². The summed E-state index contributed by atoms with van der Waals surface area (Å²) in [5.41, 5.74) is 2.95. The summed E-state index contributed by atoms with van der Waals surface area (Å²) in [4.78, 5) is 4.64. The van der Waals surface area contributed by atoms with Crippen molar-refractivity contribution in [2.24, 2.45) is 0 Å². The van der Waals surface area contributed by atoms with Gasteiger partial charge in [-0.2, -0.15) is 8.84 Å². The van der Waals surface area contributed by atoms with Gasteiger partial charge in [0.2, 0.25) is 5.88 Å². The van der Waals surface area contributed by atoms with Crippen LogP contribution in [0, 0.1) is 6.92 Å². The molecule has 226 valence electrons. The van der Waals surface area contributed by atoms with Crippen LogP contribution in [0.1, 0.15) is 51.0 Å². The number of nitrogens with one attached hydrogen (secondary N) is 2. The summed E-state index contributed by atoms with van der Waals surface area (Å²) in [6.45, 7) is 4.76. The molecule has 0 aliphatic carbocycles. The van der Waals surface area contributed by atoms with Crippen molar-refractivity contribution in [1.29, 1.82) is 0 Å². The Labute approximate surface area is 254 Å². The lowest BCUT2D eigenvalue weighted by molar-refractivity contribution is 0.296. The summed E-state index contributed by atoms with van der Waals surface area (Å²) in [5, 5.41) is 7.58. The molecule has 0 spiro atoms. The number of methoxy groups -OCH3 is 1. The van der Waals surface area contributed by atoms with E-state index in [1.165, 1.54) is 30.3 Å². The number of para-hydroxylation sites is 2. The molecule has 0 saturated carbocycles. The molecular formula is C32H37N5O5S. The minimum atomic E-state index is -1.86. The third-order valence-electron chi connectivity index (χ3n) is 6.75. The Bertz CT molecular complexity index is 1640. The Morgan fingerprint density at radius 2 is 1.70 bits per heavy atom. The molecular weight excluding hydrogens is 566 g/mol. The number of anilines is 1. The van der Waals surface area contributed by atoms with Gasteiger partial charge in [-0.15, -0.1) is 5.10 Å². The van der Waals surface area contributed by atoms with Crippen LogP contribution in [0.3, 0.4) is 0 Å². The maximum absolute atomic E-state index is 13.0. The van der Waals surface area contributed by atoms with Crippen LogP contribution in [0.4, 0.5) is 5.69 Å². The Balaban J connectivity index is 1.20. The molecule has 0 fully saturated rings. The number of aromatic amines is 1. The molecule has 5 rings (SSSR count). The second-order valence-electron chi connectivity index (χ2n) is 10.1. The zero-order chi connectivity index (χ0) is 30.0. The van der Waals surface area contributed by atoms with Crippen LogP contribution in [0.2, 0.25) is 0 Å². The summed E-state index contributed by atoms with van der Waals surface area (Å²) in [7, 11) is 1.59. The van der Waals surface area contributed by atoms with Gasteiger partial charge in [0.25, 0.3) is 0 Å². The molecule has 2 aromatic heterocycles. The molecule has 10 nitrogen and oxygen atoms in total. The average Bonchev–Trinajstić information content (AvgIpc) is 3.57. The zero-order valence-corrected chi connectivity index (χ0v) is 25.5. The lowest BCUT2D eigenvalue weighted by atomic mass is 10.1. The van der Waals surface area contributed by atoms with Crippen LogP contribution in [-0.2, 0) is 11.3 Å². The van der Waals surface area contributed by atoms with Crippen LogP contribution in [0.15, 0.2) is 72.8 Å². The van der Waals surface area contributed by atoms with E-state index in [0.717, 1.165) is 24.0 Å². The first-order valence-electron chi connectivity index (χ1n) is 14.5. The summed E-state index contributed by atoms with van der Waals surface area (Å²) in [6, 6.07) is 22.1. The van der Waals surface area contributed by atoms with Gasteiger partial charge < -0.3 is 18.4 Å². The number of aryl methyl sites for hydroxylation is 1. The normalized spacial score (nSPS) is 11.8. The Morgan fingerprint density at radius 1 is 0.884 bits per heavy atom. The molecule has 0 amide bonds. The third kappa shape index (κ3) is 8.07. The Kier molecular flexibility index (Phi) is 10.2. The van der Waals surface area contributed by atoms with Crippen LogP contribution >= 0.6 is 0 Å². The molecule has 2 heterocycles.